The van der Waals surface area contributed by atoms with Crippen LogP contribution in [0.25, 0.3) is 0 Å². The quantitative estimate of drug-likeness (QED) is 0.737. The summed E-state index contributed by atoms with van der Waals surface area (Å²) in [5.41, 5.74) is -0.417. The van der Waals surface area contributed by atoms with Crippen LogP contribution >= 0.6 is 0 Å². The Morgan fingerprint density at radius 2 is 1.80 bits per heavy atom. The Morgan fingerprint density at radius 3 is 2.13 bits per heavy atom. The SMILES string of the molecule is CC(C)N1CCN([C@H]2CC[C@]2(C)O)CC1. The minimum atomic E-state index is -0.417. The van der Waals surface area contributed by atoms with Crippen molar-refractivity contribution < 1.29 is 5.11 Å². The molecule has 0 amide bonds. The minimum absolute atomic E-state index is 0.417. The van der Waals surface area contributed by atoms with E-state index in [0.29, 0.717) is 12.1 Å². The molecule has 0 aromatic carbocycles. The van der Waals surface area contributed by atoms with Crippen LogP contribution in [0.4, 0.5) is 0 Å². The van der Waals surface area contributed by atoms with Crippen LogP contribution in [-0.2, 0) is 0 Å². The zero-order valence-corrected chi connectivity index (χ0v) is 10.2. The zero-order valence-electron chi connectivity index (χ0n) is 10.2. The van der Waals surface area contributed by atoms with Gasteiger partial charge in [0.25, 0.3) is 0 Å². The van der Waals surface area contributed by atoms with Gasteiger partial charge < -0.3 is 5.11 Å². The maximum atomic E-state index is 10.0. The molecular formula is C12H24N2O. The van der Waals surface area contributed by atoms with E-state index in [0.717, 1.165) is 32.6 Å². The molecule has 15 heavy (non-hydrogen) atoms. The molecule has 1 N–H and O–H groups in total. The highest BCUT2D eigenvalue weighted by Gasteiger charge is 2.44. The van der Waals surface area contributed by atoms with E-state index in [-0.39, 0.29) is 0 Å². The van der Waals surface area contributed by atoms with E-state index in [4.69, 9.17) is 0 Å². The number of hydrogen-bond donors (Lipinski definition) is 1. The van der Waals surface area contributed by atoms with Gasteiger partial charge in [-0.1, -0.05) is 0 Å². The first-order valence-electron chi connectivity index (χ1n) is 6.21. The van der Waals surface area contributed by atoms with Crippen LogP contribution < -0.4 is 0 Å². The van der Waals surface area contributed by atoms with Gasteiger partial charge in [0.1, 0.15) is 0 Å². The van der Waals surface area contributed by atoms with Crippen molar-refractivity contribution >= 4 is 0 Å². The summed E-state index contributed by atoms with van der Waals surface area (Å²) in [5.74, 6) is 0. The van der Waals surface area contributed by atoms with Crippen molar-refractivity contribution in [3.05, 3.63) is 0 Å². The van der Waals surface area contributed by atoms with Crippen LogP contribution in [0.5, 0.6) is 0 Å². The van der Waals surface area contributed by atoms with Gasteiger partial charge in [-0.05, 0) is 33.6 Å². The molecule has 2 rings (SSSR count). The largest absolute Gasteiger partial charge is 0.389 e. The second kappa shape index (κ2) is 4.04. The van der Waals surface area contributed by atoms with Gasteiger partial charge in [-0.15, -0.1) is 0 Å². The van der Waals surface area contributed by atoms with Crippen LogP contribution in [-0.4, -0.2) is 58.8 Å². The normalized spacial score (nSPS) is 39.4. The fourth-order valence-electron chi connectivity index (χ4n) is 2.83. The molecule has 88 valence electrons. The fourth-order valence-corrected chi connectivity index (χ4v) is 2.83. The first kappa shape index (κ1) is 11.4. The number of rotatable bonds is 2. The maximum Gasteiger partial charge on any atom is 0.0774 e. The average Bonchev–Trinajstić information content (AvgIpc) is 2.17. The molecule has 3 nitrogen and oxygen atoms in total. The van der Waals surface area contributed by atoms with Gasteiger partial charge in [-0.25, -0.2) is 0 Å². The predicted octanol–water partition coefficient (Wildman–Crippen LogP) is 0.926. The summed E-state index contributed by atoms with van der Waals surface area (Å²) in [7, 11) is 0. The molecule has 0 aromatic rings. The lowest BCUT2D eigenvalue weighted by molar-refractivity contribution is -0.113. The van der Waals surface area contributed by atoms with Gasteiger partial charge in [0.2, 0.25) is 0 Å². The van der Waals surface area contributed by atoms with Gasteiger partial charge in [0.05, 0.1) is 5.60 Å². The molecule has 0 unspecified atom stereocenters. The van der Waals surface area contributed by atoms with Gasteiger partial charge in [0.15, 0.2) is 0 Å². The monoisotopic (exact) mass is 212 g/mol. The highest BCUT2D eigenvalue weighted by atomic mass is 16.3. The van der Waals surface area contributed by atoms with Crippen LogP contribution in [0.15, 0.2) is 0 Å². The summed E-state index contributed by atoms with van der Waals surface area (Å²) in [6.07, 6.45) is 2.15. The molecular weight excluding hydrogens is 188 g/mol. The Labute approximate surface area is 93.1 Å². The number of hydrogen-bond acceptors (Lipinski definition) is 3. The fraction of sp³-hybridized carbons (Fsp3) is 1.00. The molecule has 2 aliphatic rings. The molecule has 0 aromatic heterocycles. The zero-order chi connectivity index (χ0) is 11.1. The van der Waals surface area contributed by atoms with Crippen molar-refractivity contribution in [1.82, 2.24) is 9.80 Å². The predicted molar refractivity (Wildman–Crippen MR) is 61.9 cm³/mol. The van der Waals surface area contributed by atoms with E-state index in [1.54, 1.807) is 0 Å². The maximum absolute atomic E-state index is 10.0. The van der Waals surface area contributed by atoms with Gasteiger partial charge in [-0.3, -0.25) is 9.80 Å². The molecule has 1 heterocycles. The molecule has 3 heteroatoms. The number of piperazine rings is 1. The Kier molecular flexibility index (Phi) is 3.06. The molecule has 1 aliphatic carbocycles. The van der Waals surface area contributed by atoms with Crippen molar-refractivity contribution in [3.63, 3.8) is 0 Å². The van der Waals surface area contributed by atoms with Gasteiger partial charge >= 0.3 is 0 Å². The summed E-state index contributed by atoms with van der Waals surface area (Å²) in [6, 6.07) is 1.08. The second-order valence-electron chi connectivity index (χ2n) is 5.58. The van der Waals surface area contributed by atoms with Crippen LogP contribution in [0.3, 0.4) is 0 Å². The molecule has 0 bridgehead atoms. The van der Waals surface area contributed by atoms with Crippen molar-refractivity contribution in [2.75, 3.05) is 26.2 Å². The van der Waals surface area contributed by atoms with E-state index in [1.165, 1.54) is 6.42 Å². The standard InChI is InChI=1S/C12H24N2O/c1-10(2)13-6-8-14(9-7-13)11-4-5-12(11,3)15/h10-11,15H,4-9H2,1-3H3/t11-,12-/m0/s1. The third-order valence-electron chi connectivity index (χ3n) is 4.16. The summed E-state index contributed by atoms with van der Waals surface area (Å²) in [4.78, 5) is 4.99. The molecule has 0 radical (unpaired) electrons. The molecule has 1 aliphatic heterocycles. The van der Waals surface area contributed by atoms with E-state index in [2.05, 4.69) is 23.6 Å². The number of nitrogens with zero attached hydrogens (tertiary/aromatic N) is 2. The molecule has 1 saturated carbocycles. The van der Waals surface area contributed by atoms with Gasteiger partial charge in [0, 0.05) is 38.3 Å². The summed E-state index contributed by atoms with van der Waals surface area (Å²) < 4.78 is 0. The van der Waals surface area contributed by atoms with Crippen LogP contribution in [0, 0.1) is 0 Å². The summed E-state index contributed by atoms with van der Waals surface area (Å²) in [5, 5.41) is 10.0. The Balaban J connectivity index is 1.84. The molecule has 1 saturated heterocycles. The molecule has 2 fully saturated rings. The van der Waals surface area contributed by atoms with E-state index in [1.807, 2.05) is 6.92 Å². The third-order valence-corrected chi connectivity index (χ3v) is 4.16. The topological polar surface area (TPSA) is 26.7 Å². The average molecular weight is 212 g/mol. The first-order valence-corrected chi connectivity index (χ1v) is 6.21. The van der Waals surface area contributed by atoms with E-state index >= 15 is 0 Å². The van der Waals surface area contributed by atoms with Crippen molar-refractivity contribution in [2.45, 2.75) is 51.3 Å². The lowest BCUT2D eigenvalue weighted by Gasteiger charge is -2.51. The van der Waals surface area contributed by atoms with Gasteiger partial charge in [-0.2, -0.15) is 0 Å². The smallest absolute Gasteiger partial charge is 0.0774 e. The summed E-state index contributed by atoms with van der Waals surface area (Å²) >= 11 is 0. The van der Waals surface area contributed by atoms with Crippen molar-refractivity contribution in [3.8, 4) is 0 Å². The van der Waals surface area contributed by atoms with Crippen molar-refractivity contribution in [1.29, 1.82) is 0 Å². The summed E-state index contributed by atoms with van der Waals surface area (Å²) in [6.45, 7) is 11.1. The van der Waals surface area contributed by atoms with Crippen LogP contribution in [0.1, 0.15) is 33.6 Å². The van der Waals surface area contributed by atoms with E-state index < -0.39 is 5.60 Å². The van der Waals surface area contributed by atoms with Crippen molar-refractivity contribution in [2.24, 2.45) is 0 Å². The Hall–Kier alpha value is -0.120. The first-order chi connectivity index (χ1) is 7.00. The highest BCUT2D eigenvalue weighted by molar-refractivity contribution is 5.00. The Morgan fingerprint density at radius 1 is 1.20 bits per heavy atom. The second-order valence-corrected chi connectivity index (χ2v) is 5.58. The number of aliphatic hydroxyl groups is 1. The molecule has 0 spiro atoms. The molecule has 2 atom stereocenters. The van der Waals surface area contributed by atoms with E-state index in [9.17, 15) is 5.11 Å². The lowest BCUT2D eigenvalue weighted by Crippen LogP contribution is -2.63. The lowest BCUT2D eigenvalue weighted by atomic mass is 9.75. The Bertz CT molecular complexity index is 220. The minimum Gasteiger partial charge on any atom is -0.389 e. The third kappa shape index (κ3) is 2.19. The van der Waals surface area contributed by atoms with Crippen LogP contribution in [0.2, 0.25) is 0 Å². The highest BCUT2D eigenvalue weighted by Crippen LogP contribution is 2.36.